The Morgan fingerprint density at radius 3 is 2.48 bits per heavy atom. The van der Waals surface area contributed by atoms with Crippen molar-refractivity contribution in [3.8, 4) is 11.3 Å². The van der Waals surface area contributed by atoms with Gasteiger partial charge in [-0.2, -0.15) is 0 Å². The van der Waals surface area contributed by atoms with E-state index in [2.05, 4.69) is 10.2 Å². The molecule has 1 aliphatic rings. The first kappa shape index (κ1) is 20.8. The average molecular weight is 418 g/mol. The molecule has 1 amide bonds. The van der Waals surface area contributed by atoms with Gasteiger partial charge in [-0.1, -0.05) is 37.3 Å². The summed E-state index contributed by atoms with van der Waals surface area (Å²) in [6, 6.07) is 15.4. The molecule has 0 bridgehead atoms. The fourth-order valence-corrected chi connectivity index (χ4v) is 3.87. The zero-order valence-electron chi connectivity index (χ0n) is 17.8. The minimum Gasteiger partial charge on any atom is -0.465 e. The van der Waals surface area contributed by atoms with Gasteiger partial charge in [0.2, 0.25) is 5.91 Å². The maximum Gasteiger partial charge on any atom is 0.337 e. The van der Waals surface area contributed by atoms with E-state index in [4.69, 9.17) is 14.7 Å². The maximum absolute atomic E-state index is 12.0. The van der Waals surface area contributed by atoms with Crippen molar-refractivity contribution in [1.29, 1.82) is 0 Å². The zero-order valence-corrected chi connectivity index (χ0v) is 17.8. The number of hydrogen-bond acceptors (Lipinski definition) is 6. The van der Waals surface area contributed by atoms with Gasteiger partial charge in [0.1, 0.15) is 5.69 Å². The summed E-state index contributed by atoms with van der Waals surface area (Å²) in [6.07, 6.45) is 2.20. The third-order valence-corrected chi connectivity index (χ3v) is 5.59. The molecule has 0 spiro atoms. The molecular formula is C24H26N4O3. The lowest BCUT2D eigenvalue weighted by Crippen LogP contribution is -2.45. The van der Waals surface area contributed by atoms with Crippen molar-refractivity contribution in [2.75, 3.05) is 25.1 Å². The summed E-state index contributed by atoms with van der Waals surface area (Å²) in [7, 11) is 1.36. The lowest BCUT2D eigenvalue weighted by atomic mass is 10.0. The van der Waals surface area contributed by atoms with Crippen molar-refractivity contribution in [3.05, 3.63) is 54.1 Å². The smallest absolute Gasteiger partial charge is 0.337 e. The first-order valence-corrected chi connectivity index (χ1v) is 10.6. The minimum atomic E-state index is -0.398. The number of hydrogen-bond donors (Lipinski definition) is 1. The summed E-state index contributed by atoms with van der Waals surface area (Å²) in [5.74, 6) is 0.482. The Hall–Kier alpha value is -3.48. The molecule has 1 saturated heterocycles. The first-order valence-electron chi connectivity index (χ1n) is 10.6. The average Bonchev–Trinajstić information content (AvgIpc) is 2.83. The molecule has 160 valence electrons. The number of fused-ring (bicyclic) bond motifs is 1. The van der Waals surface area contributed by atoms with Crippen molar-refractivity contribution < 1.29 is 14.3 Å². The summed E-state index contributed by atoms with van der Waals surface area (Å²) >= 11 is 0. The molecule has 1 aromatic heterocycles. The molecule has 0 aliphatic carbocycles. The summed E-state index contributed by atoms with van der Waals surface area (Å²) in [4.78, 5) is 35.8. The second-order valence-electron chi connectivity index (χ2n) is 7.64. The number of carbonyl (C=O) groups excluding carboxylic acids is 2. The van der Waals surface area contributed by atoms with E-state index < -0.39 is 5.97 Å². The monoisotopic (exact) mass is 418 g/mol. The number of anilines is 1. The summed E-state index contributed by atoms with van der Waals surface area (Å²) < 4.78 is 4.85. The number of benzene rings is 2. The predicted molar refractivity (Wildman–Crippen MR) is 120 cm³/mol. The second kappa shape index (κ2) is 9.12. The second-order valence-corrected chi connectivity index (χ2v) is 7.64. The van der Waals surface area contributed by atoms with Crippen LogP contribution in [0.4, 0.5) is 5.82 Å². The van der Waals surface area contributed by atoms with Gasteiger partial charge in [-0.15, -0.1) is 0 Å². The molecule has 4 rings (SSSR count). The Morgan fingerprint density at radius 2 is 1.81 bits per heavy atom. The minimum absolute atomic E-state index is 0.0873. The van der Waals surface area contributed by atoms with E-state index in [1.165, 1.54) is 7.11 Å². The number of esters is 1. The maximum atomic E-state index is 12.0. The van der Waals surface area contributed by atoms with Gasteiger partial charge in [-0.3, -0.25) is 4.79 Å². The Labute approximate surface area is 181 Å². The molecule has 31 heavy (non-hydrogen) atoms. The lowest BCUT2D eigenvalue weighted by molar-refractivity contribution is -0.121. The van der Waals surface area contributed by atoms with Crippen LogP contribution < -0.4 is 10.2 Å². The van der Waals surface area contributed by atoms with Crippen molar-refractivity contribution in [1.82, 2.24) is 15.3 Å². The van der Waals surface area contributed by atoms with Crippen molar-refractivity contribution in [2.45, 2.75) is 32.2 Å². The highest BCUT2D eigenvalue weighted by atomic mass is 16.5. The topological polar surface area (TPSA) is 84.4 Å². The van der Waals surface area contributed by atoms with Crippen LogP contribution in [0.1, 0.15) is 36.5 Å². The molecule has 3 aromatic rings. The Morgan fingerprint density at radius 1 is 1.06 bits per heavy atom. The molecule has 1 aliphatic heterocycles. The van der Waals surface area contributed by atoms with E-state index in [0.717, 1.165) is 48.5 Å². The number of nitrogens with one attached hydrogen (secondary N) is 1. The van der Waals surface area contributed by atoms with E-state index >= 15 is 0 Å². The fourth-order valence-electron chi connectivity index (χ4n) is 3.87. The Kier molecular flexibility index (Phi) is 6.11. The number of nitrogens with zero attached hydrogens (tertiary/aromatic N) is 3. The number of rotatable bonds is 5. The summed E-state index contributed by atoms with van der Waals surface area (Å²) in [6.45, 7) is 3.40. The fraction of sp³-hybridized carbons (Fsp3) is 0.333. The van der Waals surface area contributed by atoms with Crippen LogP contribution in [0, 0.1) is 0 Å². The van der Waals surface area contributed by atoms with Crippen LogP contribution in [-0.2, 0) is 9.53 Å². The molecule has 0 saturated carbocycles. The number of methoxy groups -OCH3 is 1. The first-order chi connectivity index (χ1) is 15.1. The van der Waals surface area contributed by atoms with Gasteiger partial charge in [0.25, 0.3) is 0 Å². The molecule has 2 heterocycles. The molecule has 1 N–H and O–H groups in total. The van der Waals surface area contributed by atoms with Crippen LogP contribution >= 0.6 is 0 Å². The van der Waals surface area contributed by atoms with Gasteiger partial charge in [0.05, 0.1) is 23.7 Å². The lowest BCUT2D eigenvalue weighted by Gasteiger charge is -2.34. The van der Waals surface area contributed by atoms with Crippen LogP contribution in [0.3, 0.4) is 0 Å². The van der Waals surface area contributed by atoms with Crippen molar-refractivity contribution in [3.63, 3.8) is 0 Å². The van der Waals surface area contributed by atoms with Gasteiger partial charge < -0.3 is 15.0 Å². The van der Waals surface area contributed by atoms with E-state index in [-0.39, 0.29) is 11.9 Å². The van der Waals surface area contributed by atoms with E-state index in [9.17, 15) is 9.59 Å². The molecule has 0 atom stereocenters. The normalized spacial score (nSPS) is 14.5. The Bertz CT molecular complexity index is 1090. The number of ether oxygens (including phenoxy) is 1. The summed E-state index contributed by atoms with van der Waals surface area (Å²) in [5.41, 5.74) is 3.63. The van der Waals surface area contributed by atoms with Crippen LogP contribution in [0.5, 0.6) is 0 Å². The third-order valence-electron chi connectivity index (χ3n) is 5.59. The van der Waals surface area contributed by atoms with Crippen LogP contribution in [0.2, 0.25) is 0 Å². The van der Waals surface area contributed by atoms with Gasteiger partial charge in [0.15, 0.2) is 5.82 Å². The predicted octanol–water partition coefficient (Wildman–Crippen LogP) is 3.58. The van der Waals surface area contributed by atoms with Crippen LogP contribution in [0.15, 0.2) is 48.5 Å². The SMILES string of the molecule is CCC(=O)NC1CCN(c2nc3cc(C(=O)OC)ccc3nc2-c2ccccc2)CC1. The summed E-state index contributed by atoms with van der Waals surface area (Å²) in [5, 5.41) is 3.09. The quantitative estimate of drug-likeness (QED) is 0.638. The standard InChI is InChI=1S/C24H26N4O3/c1-3-21(29)25-18-11-13-28(14-12-18)23-22(16-7-5-4-6-8-16)26-19-10-9-17(24(30)31-2)15-20(19)27-23/h4-10,15,18H,3,11-14H2,1-2H3,(H,25,29). The number of amides is 1. The molecule has 7 heteroatoms. The van der Waals surface area contributed by atoms with Crippen molar-refractivity contribution >= 4 is 28.7 Å². The van der Waals surface area contributed by atoms with Gasteiger partial charge in [0, 0.05) is 31.1 Å². The molecule has 0 unspecified atom stereocenters. The van der Waals surface area contributed by atoms with Crippen LogP contribution in [0.25, 0.3) is 22.3 Å². The number of piperidine rings is 1. The molecule has 7 nitrogen and oxygen atoms in total. The van der Waals surface area contributed by atoms with Gasteiger partial charge in [-0.25, -0.2) is 14.8 Å². The van der Waals surface area contributed by atoms with Crippen LogP contribution in [-0.4, -0.2) is 48.1 Å². The largest absolute Gasteiger partial charge is 0.465 e. The highest BCUT2D eigenvalue weighted by molar-refractivity contribution is 5.94. The van der Waals surface area contributed by atoms with Gasteiger partial charge in [-0.05, 0) is 31.0 Å². The highest BCUT2D eigenvalue weighted by Crippen LogP contribution is 2.31. The molecule has 2 aromatic carbocycles. The van der Waals surface area contributed by atoms with Gasteiger partial charge >= 0.3 is 5.97 Å². The van der Waals surface area contributed by atoms with E-state index in [0.29, 0.717) is 17.5 Å². The molecule has 0 radical (unpaired) electrons. The third kappa shape index (κ3) is 4.50. The van der Waals surface area contributed by atoms with E-state index in [1.807, 2.05) is 37.3 Å². The number of aromatic nitrogens is 2. The number of carbonyl (C=O) groups is 2. The van der Waals surface area contributed by atoms with Crippen molar-refractivity contribution in [2.24, 2.45) is 0 Å². The Balaban J connectivity index is 1.71. The zero-order chi connectivity index (χ0) is 21.8. The molecular weight excluding hydrogens is 392 g/mol. The highest BCUT2D eigenvalue weighted by Gasteiger charge is 2.24. The molecule has 1 fully saturated rings. The van der Waals surface area contributed by atoms with E-state index in [1.54, 1.807) is 18.2 Å².